The molecule has 2 saturated heterocycles. The van der Waals surface area contributed by atoms with Crippen molar-refractivity contribution in [3.8, 4) is 0 Å². The summed E-state index contributed by atoms with van der Waals surface area (Å²) in [5, 5.41) is 3.99. The molecule has 0 amide bonds. The first-order valence-corrected chi connectivity index (χ1v) is 12.1. The molecule has 0 spiro atoms. The zero-order valence-corrected chi connectivity index (χ0v) is 19.5. The lowest BCUT2D eigenvalue weighted by molar-refractivity contribution is 0.122. The Hall–Kier alpha value is -3.17. The molecule has 9 nitrogen and oxygen atoms in total. The number of ether oxygens (including phenoxy) is 1. The van der Waals surface area contributed by atoms with Gasteiger partial charge in [-0.1, -0.05) is 17.7 Å². The Balaban J connectivity index is 1.33. The van der Waals surface area contributed by atoms with Crippen molar-refractivity contribution in [2.45, 2.75) is 18.9 Å². The van der Waals surface area contributed by atoms with E-state index in [4.69, 9.17) is 31.3 Å². The minimum Gasteiger partial charge on any atom is -0.378 e. The van der Waals surface area contributed by atoms with Crippen molar-refractivity contribution < 1.29 is 4.74 Å². The fraction of sp³-hybridized carbons (Fsp3) is 0.417. The highest BCUT2D eigenvalue weighted by Gasteiger charge is 2.36. The van der Waals surface area contributed by atoms with Crippen LogP contribution < -0.4 is 20.7 Å². The lowest BCUT2D eigenvalue weighted by Gasteiger charge is -2.42. The molecule has 0 aliphatic carbocycles. The molecule has 176 valence electrons. The van der Waals surface area contributed by atoms with E-state index in [2.05, 4.69) is 21.2 Å². The van der Waals surface area contributed by atoms with Crippen LogP contribution in [0.3, 0.4) is 0 Å². The summed E-state index contributed by atoms with van der Waals surface area (Å²) in [5.74, 6) is 2.47. The Bertz CT molecular complexity index is 1240. The Morgan fingerprint density at radius 3 is 2.47 bits per heavy atom. The number of halogens is 1. The van der Waals surface area contributed by atoms with Gasteiger partial charge >= 0.3 is 0 Å². The lowest BCUT2D eigenvalue weighted by atomic mass is 9.83. The van der Waals surface area contributed by atoms with E-state index in [0.29, 0.717) is 42.0 Å². The number of fused-ring (bicyclic) bond motifs is 4. The molecular formula is C24H26ClN7O2. The quantitative estimate of drug-likeness (QED) is 0.611. The number of benzene rings is 1. The molecule has 6 rings (SSSR count). The maximum atomic E-state index is 12.4. The van der Waals surface area contributed by atoms with Crippen LogP contribution in [-0.4, -0.2) is 58.9 Å². The number of morpholine rings is 1. The molecule has 3 aliphatic heterocycles. The van der Waals surface area contributed by atoms with E-state index in [0.717, 1.165) is 50.5 Å². The van der Waals surface area contributed by atoms with Gasteiger partial charge in [0.1, 0.15) is 0 Å². The average Bonchev–Trinajstić information content (AvgIpc) is 2.86. The number of nitrogens with zero attached hydrogens (tertiary/aromatic N) is 6. The minimum atomic E-state index is 0.0878. The Morgan fingerprint density at radius 1 is 0.912 bits per heavy atom. The molecule has 5 heterocycles. The fourth-order valence-corrected chi connectivity index (χ4v) is 5.30. The molecule has 0 saturated carbocycles. The second-order valence-electron chi connectivity index (χ2n) is 9.09. The normalized spacial score (nSPS) is 21.8. The molecule has 2 atom stereocenters. The van der Waals surface area contributed by atoms with Crippen molar-refractivity contribution in [1.82, 2.24) is 19.5 Å². The van der Waals surface area contributed by atoms with E-state index in [1.807, 2.05) is 34.9 Å². The molecule has 3 aromatic rings. The monoisotopic (exact) mass is 479 g/mol. The van der Waals surface area contributed by atoms with Crippen molar-refractivity contribution >= 4 is 35.1 Å². The summed E-state index contributed by atoms with van der Waals surface area (Å²) in [6.07, 6.45) is 1.08. The van der Waals surface area contributed by atoms with Gasteiger partial charge in [-0.2, -0.15) is 15.0 Å². The first-order valence-electron chi connectivity index (χ1n) is 11.7. The molecule has 0 unspecified atom stereocenters. The van der Waals surface area contributed by atoms with Crippen molar-refractivity contribution in [3.63, 3.8) is 0 Å². The first kappa shape index (κ1) is 21.4. The minimum absolute atomic E-state index is 0.0878. The zero-order valence-electron chi connectivity index (χ0n) is 18.7. The van der Waals surface area contributed by atoms with E-state index < -0.39 is 0 Å². The summed E-state index contributed by atoms with van der Waals surface area (Å²) in [4.78, 5) is 31.2. The van der Waals surface area contributed by atoms with Crippen molar-refractivity contribution in [2.75, 3.05) is 54.5 Å². The third-order valence-electron chi connectivity index (χ3n) is 6.77. The number of hydrogen-bond donors (Lipinski definition) is 1. The molecule has 2 bridgehead atoms. The van der Waals surface area contributed by atoms with Gasteiger partial charge in [0, 0.05) is 61.1 Å². The highest BCUT2D eigenvalue weighted by atomic mass is 35.5. The van der Waals surface area contributed by atoms with Crippen molar-refractivity contribution in [2.24, 2.45) is 5.92 Å². The van der Waals surface area contributed by atoms with Gasteiger partial charge in [-0.15, -0.1) is 0 Å². The maximum absolute atomic E-state index is 12.4. The SMILES string of the molecule is O=c1cccc2n1C[C@H]1C[C@@H]2CN(c2nc(Nc3ccc(Cl)cc3)nc(N3CCOCC3)n2)C1. The van der Waals surface area contributed by atoms with E-state index >= 15 is 0 Å². The second-order valence-corrected chi connectivity index (χ2v) is 9.53. The van der Waals surface area contributed by atoms with E-state index in [1.165, 1.54) is 0 Å². The Labute approximate surface area is 202 Å². The van der Waals surface area contributed by atoms with Crippen LogP contribution in [0.25, 0.3) is 0 Å². The van der Waals surface area contributed by atoms with Gasteiger partial charge in [-0.05, 0) is 42.7 Å². The van der Waals surface area contributed by atoms with Crippen LogP contribution in [0.5, 0.6) is 0 Å². The highest BCUT2D eigenvalue weighted by Crippen LogP contribution is 2.36. The van der Waals surface area contributed by atoms with Crippen LogP contribution in [-0.2, 0) is 11.3 Å². The molecule has 1 N–H and O–H groups in total. The van der Waals surface area contributed by atoms with E-state index in [1.54, 1.807) is 6.07 Å². The van der Waals surface area contributed by atoms with Crippen LogP contribution >= 0.6 is 11.6 Å². The van der Waals surface area contributed by atoms with Gasteiger partial charge in [0.05, 0.1) is 13.2 Å². The topological polar surface area (TPSA) is 88.4 Å². The van der Waals surface area contributed by atoms with Crippen molar-refractivity contribution in [1.29, 1.82) is 0 Å². The summed E-state index contributed by atoms with van der Waals surface area (Å²) < 4.78 is 7.46. The van der Waals surface area contributed by atoms with Gasteiger partial charge in [0.15, 0.2) is 0 Å². The highest BCUT2D eigenvalue weighted by molar-refractivity contribution is 6.30. The zero-order chi connectivity index (χ0) is 23.1. The predicted molar refractivity (Wildman–Crippen MR) is 131 cm³/mol. The van der Waals surface area contributed by atoms with Gasteiger partial charge in [0.2, 0.25) is 17.8 Å². The molecule has 2 aromatic heterocycles. The fourth-order valence-electron chi connectivity index (χ4n) is 5.18. The molecule has 34 heavy (non-hydrogen) atoms. The third kappa shape index (κ3) is 4.21. The third-order valence-corrected chi connectivity index (χ3v) is 7.02. The Morgan fingerprint density at radius 2 is 1.68 bits per heavy atom. The number of hydrogen-bond acceptors (Lipinski definition) is 8. The van der Waals surface area contributed by atoms with Crippen LogP contribution in [0.1, 0.15) is 18.0 Å². The van der Waals surface area contributed by atoms with Crippen LogP contribution in [0, 0.1) is 5.92 Å². The Kier molecular flexibility index (Phi) is 5.58. The average molecular weight is 480 g/mol. The lowest BCUT2D eigenvalue weighted by Crippen LogP contribution is -2.48. The van der Waals surface area contributed by atoms with E-state index in [-0.39, 0.29) is 11.5 Å². The molecular weight excluding hydrogens is 454 g/mol. The first-order chi connectivity index (χ1) is 16.6. The number of piperidine rings is 1. The summed E-state index contributed by atoms with van der Waals surface area (Å²) >= 11 is 6.04. The van der Waals surface area contributed by atoms with Crippen LogP contribution in [0.4, 0.5) is 23.5 Å². The van der Waals surface area contributed by atoms with Gasteiger partial charge in [-0.3, -0.25) is 4.79 Å². The number of aromatic nitrogens is 4. The van der Waals surface area contributed by atoms with Crippen LogP contribution in [0.15, 0.2) is 47.3 Å². The van der Waals surface area contributed by atoms with Gasteiger partial charge in [-0.25, -0.2) is 0 Å². The molecule has 1 aromatic carbocycles. The standard InChI is InChI=1S/C24H26ClN7O2/c25-18-4-6-19(7-5-18)26-22-27-23(30-8-10-34-11-9-30)29-24(28-22)31-13-16-12-17(15-31)20-2-1-3-21(33)32(20)14-16/h1-7,16-17H,8-15H2,(H,26,27,28,29)/t16-,17+/m0/s1. The summed E-state index contributed by atoms with van der Waals surface area (Å²) in [5.41, 5.74) is 2.05. The van der Waals surface area contributed by atoms with Gasteiger partial charge in [0.25, 0.3) is 5.56 Å². The number of pyridine rings is 1. The van der Waals surface area contributed by atoms with Gasteiger partial charge < -0.3 is 24.4 Å². The van der Waals surface area contributed by atoms with E-state index in [9.17, 15) is 4.79 Å². The largest absolute Gasteiger partial charge is 0.378 e. The molecule has 2 fully saturated rings. The summed E-state index contributed by atoms with van der Waals surface area (Å²) in [6.45, 7) is 5.11. The maximum Gasteiger partial charge on any atom is 0.250 e. The molecule has 3 aliphatic rings. The number of rotatable bonds is 4. The molecule has 10 heteroatoms. The number of nitrogens with one attached hydrogen (secondary N) is 1. The smallest absolute Gasteiger partial charge is 0.250 e. The van der Waals surface area contributed by atoms with Crippen LogP contribution in [0.2, 0.25) is 5.02 Å². The second kappa shape index (κ2) is 8.88. The number of anilines is 4. The molecule has 0 radical (unpaired) electrons. The summed E-state index contributed by atoms with van der Waals surface area (Å²) in [7, 11) is 0. The van der Waals surface area contributed by atoms with Crippen molar-refractivity contribution in [3.05, 3.63) is 63.5 Å². The predicted octanol–water partition coefficient (Wildman–Crippen LogP) is 2.89. The summed E-state index contributed by atoms with van der Waals surface area (Å²) in [6, 6.07) is 13.1.